The number of hydrogen-bond donors (Lipinski definition) is 1. The van der Waals surface area contributed by atoms with Gasteiger partial charge in [0.1, 0.15) is 0 Å². The zero-order valence-corrected chi connectivity index (χ0v) is 17.0. The van der Waals surface area contributed by atoms with Gasteiger partial charge in [-0.1, -0.05) is 36.4 Å². The number of benzene rings is 1. The second-order valence-electron chi connectivity index (χ2n) is 8.25. The number of carbonyl (C=O) groups excluding carboxylic acids is 2. The van der Waals surface area contributed by atoms with Crippen LogP contribution < -0.4 is 5.32 Å². The van der Waals surface area contributed by atoms with Crippen LogP contribution in [0.5, 0.6) is 0 Å². The summed E-state index contributed by atoms with van der Waals surface area (Å²) < 4.78 is 0. The highest BCUT2D eigenvalue weighted by molar-refractivity contribution is 5.77. The Morgan fingerprint density at radius 1 is 1.14 bits per heavy atom. The number of fused-ring (bicyclic) bond motifs is 1. The molecule has 0 bridgehead atoms. The number of aromatic nitrogens is 1. The summed E-state index contributed by atoms with van der Waals surface area (Å²) >= 11 is 0. The van der Waals surface area contributed by atoms with Crippen molar-refractivity contribution in [1.29, 1.82) is 0 Å². The first kappa shape index (κ1) is 19.6. The number of pyridine rings is 1. The molecule has 0 aliphatic carbocycles. The molecule has 3 atom stereocenters. The van der Waals surface area contributed by atoms with E-state index in [0.717, 1.165) is 37.3 Å². The summed E-state index contributed by atoms with van der Waals surface area (Å²) in [4.78, 5) is 33.5. The van der Waals surface area contributed by atoms with Gasteiger partial charge in [0, 0.05) is 52.1 Å². The molecule has 3 heterocycles. The molecule has 2 fully saturated rings. The van der Waals surface area contributed by atoms with Crippen LogP contribution in [0.3, 0.4) is 0 Å². The molecule has 1 aromatic heterocycles. The van der Waals surface area contributed by atoms with Crippen LogP contribution >= 0.6 is 0 Å². The molecule has 6 nitrogen and oxygen atoms in total. The molecule has 2 saturated heterocycles. The number of rotatable bonds is 4. The van der Waals surface area contributed by atoms with Crippen molar-refractivity contribution in [2.45, 2.75) is 38.4 Å². The average Bonchev–Trinajstić information content (AvgIpc) is 3.03. The van der Waals surface area contributed by atoms with Crippen LogP contribution in [-0.2, 0) is 16.1 Å². The fraction of sp³-hybridized carbons (Fsp3) is 0.435. The Bertz CT molecular complexity index is 873. The summed E-state index contributed by atoms with van der Waals surface area (Å²) in [5, 5.41) is 3.25. The lowest BCUT2D eigenvalue weighted by molar-refractivity contribution is -0.130. The first-order valence-corrected chi connectivity index (χ1v) is 10.2. The first-order valence-electron chi connectivity index (χ1n) is 10.2. The molecule has 4 rings (SSSR count). The van der Waals surface area contributed by atoms with Crippen molar-refractivity contribution in [1.82, 2.24) is 20.1 Å². The van der Waals surface area contributed by atoms with E-state index in [9.17, 15) is 9.59 Å². The van der Waals surface area contributed by atoms with Gasteiger partial charge in [-0.05, 0) is 24.1 Å². The van der Waals surface area contributed by atoms with Gasteiger partial charge in [0.15, 0.2) is 0 Å². The van der Waals surface area contributed by atoms with Crippen LogP contribution in [0.4, 0.5) is 0 Å². The molecule has 2 aliphatic heterocycles. The van der Waals surface area contributed by atoms with Gasteiger partial charge in [-0.2, -0.15) is 0 Å². The third-order valence-corrected chi connectivity index (χ3v) is 6.29. The molecule has 152 valence electrons. The lowest BCUT2D eigenvalue weighted by atomic mass is 9.75. The summed E-state index contributed by atoms with van der Waals surface area (Å²) in [7, 11) is 0. The summed E-state index contributed by atoms with van der Waals surface area (Å²) in [6.45, 7) is 6.19. The fourth-order valence-electron chi connectivity index (χ4n) is 5.08. The quantitative estimate of drug-likeness (QED) is 0.868. The molecule has 0 saturated carbocycles. The fourth-order valence-corrected chi connectivity index (χ4v) is 5.08. The number of hydrogen-bond acceptors (Lipinski definition) is 4. The van der Waals surface area contributed by atoms with Crippen LogP contribution in [0.15, 0.2) is 54.7 Å². The molecular formula is C23H28N4O2. The molecule has 6 heteroatoms. The topological polar surface area (TPSA) is 65.5 Å². The monoisotopic (exact) mass is 392 g/mol. The highest BCUT2D eigenvalue weighted by Gasteiger charge is 2.56. The van der Waals surface area contributed by atoms with E-state index < -0.39 is 5.54 Å². The van der Waals surface area contributed by atoms with E-state index >= 15 is 0 Å². The molecule has 2 amide bonds. The second-order valence-corrected chi connectivity index (χ2v) is 8.25. The van der Waals surface area contributed by atoms with E-state index in [-0.39, 0.29) is 23.8 Å². The highest BCUT2D eigenvalue weighted by atomic mass is 16.2. The maximum atomic E-state index is 12.6. The molecule has 0 unspecified atom stereocenters. The number of nitrogens with zero attached hydrogens (tertiary/aromatic N) is 3. The SMILES string of the molecule is CC(=O)N[C@@]12CCN(Cc3ccccn3)C[C@@H]1[C@@H](c1ccccc1)N(C(C)=O)C2. The molecule has 29 heavy (non-hydrogen) atoms. The normalized spacial score (nSPS) is 26.8. The van der Waals surface area contributed by atoms with Gasteiger partial charge in [0.25, 0.3) is 0 Å². The highest BCUT2D eigenvalue weighted by Crippen LogP contribution is 2.47. The zero-order valence-electron chi connectivity index (χ0n) is 17.0. The van der Waals surface area contributed by atoms with E-state index in [4.69, 9.17) is 0 Å². The Balaban J connectivity index is 1.68. The van der Waals surface area contributed by atoms with E-state index in [1.54, 1.807) is 13.8 Å². The lowest BCUT2D eigenvalue weighted by Gasteiger charge is -2.45. The minimum Gasteiger partial charge on any atom is -0.349 e. The standard InChI is InChI=1S/C23H28N4O2/c1-17(28)25-23-11-13-26(14-20-10-6-7-12-24-20)15-21(23)22(27(16-23)18(2)29)19-8-4-3-5-9-19/h3-10,12,21-22H,11,13-16H2,1-2H3,(H,25,28)/t21-,22-,23-/m1/s1. The van der Waals surface area contributed by atoms with Crippen LogP contribution in [-0.4, -0.2) is 51.8 Å². The minimum absolute atomic E-state index is 0.0367. The Morgan fingerprint density at radius 2 is 1.90 bits per heavy atom. The molecule has 2 aliphatic rings. The third kappa shape index (κ3) is 3.90. The van der Waals surface area contributed by atoms with Crippen molar-refractivity contribution in [3.8, 4) is 0 Å². The van der Waals surface area contributed by atoms with Crippen LogP contribution in [0, 0.1) is 5.92 Å². The summed E-state index contributed by atoms with van der Waals surface area (Å²) in [6.07, 6.45) is 2.64. The maximum Gasteiger partial charge on any atom is 0.220 e. The van der Waals surface area contributed by atoms with E-state index in [1.807, 2.05) is 47.5 Å². The zero-order chi connectivity index (χ0) is 20.4. The van der Waals surface area contributed by atoms with Gasteiger partial charge in [-0.25, -0.2) is 0 Å². The van der Waals surface area contributed by atoms with Crippen LogP contribution in [0.2, 0.25) is 0 Å². The van der Waals surface area contributed by atoms with Crippen LogP contribution in [0.25, 0.3) is 0 Å². The number of nitrogens with one attached hydrogen (secondary N) is 1. The molecular weight excluding hydrogens is 364 g/mol. The second kappa shape index (κ2) is 7.95. The predicted molar refractivity (Wildman–Crippen MR) is 111 cm³/mol. The van der Waals surface area contributed by atoms with Crippen molar-refractivity contribution in [3.63, 3.8) is 0 Å². The first-order chi connectivity index (χ1) is 14.0. The molecule has 0 spiro atoms. The van der Waals surface area contributed by atoms with Gasteiger partial charge >= 0.3 is 0 Å². The number of amides is 2. The largest absolute Gasteiger partial charge is 0.349 e. The van der Waals surface area contributed by atoms with Crippen molar-refractivity contribution < 1.29 is 9.59 Å². The van der Waals surface area contributed by atoms with Crippen molar-refractivity contribution in [2.75, 3.05) is 19.6 Å². The van der Waals surface area contributed by atoms with Crippen molar-refractivity contribution >= 4 is 11.8 Å². The minimum atomic E-state index is -0.390. The van der Waals surface area contributed by atoms with E-state index in [0.29, 0.717) is 6.54 Å². The van der Waals surface area contributed by atoms with Crippen LogP contribution in [0.1, 0.15) is 37.6 Å². The molecule has 2 aromatic rings. The Kier molecular flexibility index (Phi) is 5.37. The number of carbonyl (C=O) groups is 2. The third-order valence-electron chi connectivity index (χ3n) is 6.29. The van der Waals surface area contributed by atoms with Gasteiger partial charge in [-0.15, -0.1) is 0 Å². The number of likely N-dealkylation sites (tertiary alicyclic amines) is 2. The van der Waals surface area contributed by atoms with Gasteiger partial charge in [0.05, 0.1) is 17.3 Å². The molecule has 0 radical (unpaired) electrons. The summed E-state index contributed by atoms with van der Waals surface area (Å²) in [6, 6.07) is 16.1. The van der Waals surface area contributed by atoms with Crippen molar-refractivity contribution in [3.05, 3.63) is 66.0 Å². The predicted octanol–water partition coefficient (Wildman–Crippen LogP) is 2.38. The smallest absolute Gasteiger partial charge is 0.220 e. The van der Waals surface area contributed by atoms with E-state index in [2.05, 4.69) is 27.3 Å². The summed E-state index contributed by atoms with van der Waals surface area (Å²) in [5.74, 6) is 0.134. The molecule has 1 N–H and O–H groups in total. The van der Waals surface area contributed by atoms with E-state index in [1.165, 1.54) is 0 Å². The lowest BCUT2D eigenvalue weighted by Crippen LogP contribution is -2.60. The van der Waals surface area contributed by atoms with Gasteiger partial charge in [0.2, 0.25) is 11.8 Å². The number of piperidine rings is 1. The van der Waals surface area contributed by atoms with Crippen molar-refractivity contribution in [2.24, 2.45) is 5.92 Å². The average molecular weight is 393 g/mol. The van der Waals surface area contributed by atoms with Gasteiger partial charge in [-0.3, -0.25) is 19.5 Å². The van der Waals surface area contributed by atoms with Gasteiger partial charge < -0.3 is 10.2 Å². The summed E-state index contributed by atoms with van der Waals surface area (Å²) in [5.41, 5.74) is 1.77. The molecule has 1 aromatic carbocycles. The maximum absolute atomic E-state index is 12.6. The Morgan fingerprint density at radius 3 is 2.55 bits per heavy atom. The Labute approximate surface area is 171 Å². The Hall–Kier alpha value is -2.73.